The van der Waals surface area contributed by atoms with E-state index >= 15 is 0 Å². The maximum absolute atomic E-state index is 13.2. The minimum atomic E-state index is -0.339. The van der Waals surface area contributed by atoms with Crippen LogP contribution in [0.4, 0.5) is 9.52 Å². The highest BCUT2D eigenvalue weighted by molar-refractivity contribution is 7.20. The molecule has 3 aromatic rings. The number of carbonyl (C=O) groups excluding carboxylic acids is 1. The summed E-state index contributed by atoms with van der Waals surface area (Å²) in [4.78, 5) is 30.9. The Labute approximate surface area is 159 Å². The highest BCUT2D eigenvalue weighted by Crippen LogP contribution is 2.20. The fourth-order valence-electron chi connectivity index (χ4n) is 2.57. The van der Waals surface area contributed by atoms with Gasteiger partial charge in [-0.2, -0.15) is 4.52 Å². The number of hydrogen-bond acceptors (Lipinski definition) is 6. The molecule has 142 valence electrons. The zero-order valence-corrected chi connectivity index (χ0v) is 15.9. The van der Waals surface area contributed by atoms with Gasteiger partial charge in [-0.1, -0.05) is 36.8 Å². The SMILES string of the molecule is CCCc1cc(=O)n2nc(N(C)CC(=O)NCc3cccc(F)c3)sc2n1. The first-order chi connectivity index (χ1) is 13.0. The van der Waals surface area contributed by atoms with Crippen molar-refractivity contribution >= 4 is 27.3 Å². The lowest BCUT2D eigenvalue weighted by Gasteiger charge is -2.14. The van der Waals surface area contributed by atoms with E-state index in [9.17, 15) is 14.0 Å². The lowest BCUT2D eigenvalue weighted by atomic mass is 10.2. The molecule has 1 N–H and O–H groups in total. The molecule has 3 rings (SSSR count). The summed E-state index contributed by atoms with van der Waals surface area (Å²) in [6.45, 7) is 2.33. The number of anilines is 1. The third-order valence-corrected chi connectivity index (χ3v) is 4.90. The fraction of sp³-hybridized carbons (Fsp3) is 0.333. The van der Waals surface area contributed by atoms with Gasteiger partial charge in [0.25, 0.3) is 5.56 Å². The highest BCUT2D eigenvalue weighted by Gasteiger charge is 2.14. The van der Waals surface area contributed by atoms with Gasteiger partial charge < -0.3 is 10.2 Å². The van der Waals surface area contributed by atoms with Gasteiger partial charge >= 0.3 is 0 Å². The average molecular weight is 389 g/mol. The lowest BCUT2D eigenvalue weighted by molar-refractivity contribution is -0.119. The number of rotatable bonds is 7. The molecule has 2 heterocycles. The van der Waals surface area contributed by atoms with Crippen molar-refractivity contribution in [2.75, 3.05) is 18.5 Å². The summed E-state index contributed by atoms with van der Waals surface area (Å²) in [6, 6.07) is 7.57. The highest BCUT2D eigenvalue weighted by atomic mass is 32.1. The van der Waals surface area contributed by atoms with E-state index in [-0.39, 0.29) is 30.4 Å². The average Bonchev–Trinajstić information content (AvgIpc) is 3.05. The summed E-state index contributed by atoms with van der Waals surface area (Å²) in [5.41, 5.74) is 1.20. The summed E-state index contributed by atoms with van der Waals surface area (Å²) >= 11 is 1.26. The summed E-state index contributed by atoms with van der Waals surface area (Å²) in [5.74, 6) is -0.568. The number of nitrogens with one attached hydrogen (secondary N) is 1. The zero-order valence-electron chi connectivity index (χ0n) is 15.1. The van der Waals surface area contributed by atoms with Crippen molar-refractivity contribution in [1.29, 1.82) is 0 Å². The Kier molecular flexibility index (Phi) is 5.80. The number of carbonyl (C=O) groups is 1. The van der Waals surface area contributed by atoms with Crippen molar-refractivity contribution in [1.82, 2.24) is 19.9 Å². The third-order valence-electron chi connectivity index (χ3n) is 3.88. The van der Waals surface area contributed by atoms with E-state index < -0.39 is 0 Å². The minimum absolute atomic E-state index is 0.0612. The molecule has 0 saturated carbocycles. The van der Waals surface area contributed by atoms with E-state index in [1.807, 2.05) is 6.92 Å². The predicted octanol–water partition coefficient (Wildman–Crippen LogP) is 2.00. The Bertz CT molecular complexity index is 1020. The molecule has 0 aliphatic carbocycles. The molecular weight excluding hydrogens is 369 g/mol. The first-order valence-corrected chi connectivity index (χ1v) is 9.40. The topological polar surface area (TPSA) is 79.6 Å². The van der Waals surface area contributed by atoms with Gasteiger partial charge in [0.2, 0.25) is 16.0 Å². The van der Waals surface area contributed by atoms with Gasteiger partial charge in [0.15, 0.2) is 0 Å². The number of fused-ring (bicyclic) bond motifs is 1. The van der Waals surface area contributed by atoms with E-state index in [2.05, 4.69) is 15.4 Å². The van der Waals surface area contributed by atoms with Gasteiger partial charge in [0, 0.05) is 25.4 Å². The molecule has 1 aromatic carbocycles. The molecule has 27 heavy (non-hydrogen) atoms. The summed E-state index contributed by atoms with van der Waals surface area (Å²) in [6.07, 6.45) is 1.64. The van der Waals surface area contributed by atoms with E-state index in [0.717, 1.165) is 18.5 Å². The maximum Gasteiger partial charge on any atom is 0.275 e. The zero-order chi connectivity index (χ0) is 19.4. The molecule has 1 amide bonds. The molecule has 0 fully saturated rings. The first kappa shape index (κ1) is 19.0. The second-order valence-electron chi connectivity index (χ2n) is 6.18. The van der Waals surface area contributed by atoms with Crippen LogP contribution in [0.5, 0.6) is 0 Å². The Morgan fingerprint density at radius 2 is 2.19 bits per heavy atom. The Morgan fingerprint density at radius 3 is 2.93 bits per heavy atom. The van der Waals surface area contributed by atoms with Crippen molar-refractivity contribution in [3.63, 3.8) is 0 Å². The van der Waals surface area contributed by atoms with E-state index in [1.54, 1.807) is 24.1 Å². The fourth-order valence-corrected chi connectivity index (χ4v) is 3.46. The van der Waals surface area contributed by atoms with Crippen molar-refractivity contribution in [3.8, 4) is 0 Å². The Morgan fingerprint density at radius 1 is 1.37 bits per heavy atom. The molecule has 0 atom stereocenters. The van der Waals surface area contributed by atoms with Crippen LogP contribution in [0.2, 0.25) is 0 Å². The number of hydrogen-bond donors (Lipinski definition) is 1. The van der Waals surface area contributed by atoms with Gasteiger partial charge in [0.05, 0.1) is 6.54 Å². The quantitative estimate of drug-likeness (QED) is 0.669. The van der Waals surface area contributed by atoms with Crippen LogP contribution < -0.4 is 15.8 Å². The molecule has 0 unspecified atom stereocenters. The second kappa shape index (κ2) is 8.26. The molecule has 9 heteroatoms. The first-order valence-electron chi connectivity index (χ1n) is 8.58. The number of amides is 1. The van der Waals surface area contributed by atoms with Crippen molar-refractivity contribution in [2.24, 2.45) is 0 Å². The monoisotopic (exact) mass is 389 g/mol. The smallest absolute Gasteiger partial charge is 0.275 e. The normalized spacial score (nSPS) is 10.9. The van der Waals surface area contributed by atoms with Crippen molar-refractivity contribution in [3.05, 3.63) is 57.8 Å². The molecular formula is C18H20FN5O2S. The van der Waals surface area contributed by atoms with Gasteiger partial charge in [-0.3, -0.25) is 9.59 Å². The molecule has 0 saturated heterocycles. The van der Waals surface area contributed by atoms with Crippen molar-refractivity contribution in [2.45, 2.75) is 26.3 Å². The molecule has 0 aliphatic heterocycles. The number of aromatic nitrogens is 3. The number of likely N-dealkylation sites (N-methyl/N-ethyl adjacent to an activating group) is 1. The predicted molar refractivity (Wildman–Crippen MR) is 103 cm³/mol. The van der Waals surface area contributed by atoms with Crippen LogP contribution in [0.15, 0.2) is 35.1 Å². The van der Waals surface area contributed by atoms with E-state index in [4.69, 9.17) is 0 Å². The van der Waals surface area contributed by atoms with Crippen LogP contribution in [-0.4, -0.2) is 34.1 Å². The van der Waals surface area contributed by atoms with Crippen LogP contribution in [0.3, 0.4) is 0 Å². The molecule has 0 bridgehead atoms. The molecule has 0 spiro atoms. The number of aryl methyl sites for hydroxylation is 1. The van der Waals surface area contributed by atoms with Crippen LogP contribution in [-0.2, 0) is 17.8 Å². The van der Waals surface area contributed by atoms with Gasteiger partial charge in [-0.15, -0.1) is 5.10 Å². The minimum Gasteiger partial charge on any atom is -0.350 e. The van der Waals surface area contributed by atoms with Gasteiger partial charge in [-0.05, 0) is 24.1 Å². The van der Waals surface area contributed by atoms with Gasteiger partial charge in [-0.25, -0.2) is 9.37 Å². The summed E-state index contributed by atoms with van der Waals surface area (Å²) in [5, 5.41) is 7.52. The van der Waals surface area contributed by atoms with Crippen LogP contribution in [0.1, 0.15) is 24.6 Å². The number of halogens is 1. The maximum atomic E-state index is 13.2. The van der Waals surface area contributed by atoms with Crippen molar-refractivity contribution < 1.29 is 9.18 Å². The number of benzene rings is 1. The Balaban J connectivity index is 1.66. The third kappa shape index (κ3) is 4.68. The van der Waals surface area contributed by atoms with Crippen LogP contribution >= 0.6 is 11.3 Å². The largest absolute Gasteiger partial charge is 0.350 e. The lowest BCUT2D eigenvalue weighted by Crippen LogP contribution is -2.34. The summed E-state index contributed by atoms with van der Waals surface area (Å²) in [7, 11) is 1.72. The van der Waals surface area contributed by atoms with E-state index in [1.165, 1.54) is 34.1 Å². The number of nitrogens with zero attached hydrogens (tertiary/aromatic N) is 4. The molecule has 0 aliphatic rings. The van der Waals surface area contributed by atoms with E-state index in [0.29, 0.717) is 15.7 Å². The van der Waals surface area contributed by atoms with Crippen LogP contribution in [0, 0.1) is 5.82 Å². The Hall–Kier alpha value is -2.81. The molecule has 7 nitrogen and oxygen atoms in total. The molecule has 2 aromatic heterocycles. The second-order valence-corrected chi connectivity index (χ2v) is 7.11. The van der Waals surface area contributed by atoms with Gasteiger partial charge in [0.1, 0.15) is 5.82 Å². The standard InChI is InChI=1S/C18H20FN5O2S/c1-3-5-14-9-16(26)24-17(21-14)27-18(22-24)23(2)11-15(25)20-10-12-6-4-7-13(19)8-12/h4,6-9H,3,5,10-11H2,1-2H3,(H,20,25). The molecule has 0 radical (unpaired) electrons. The van der Waals surface area contributed by atoms with Crippen LogP contribution in [0.25, 0.3) is 4.96 Å². The summed E-state index contributed by atoms with van der Waals surface area (Å²) < 4.78 is 14.4.